The first-order valence-corrected chi connectivity index (χ1v) is 13.0. The molecule has 1 aliphatic rings. The summed E-state index contributed by atoms with van der Waals surface area (Å²) < 4.78 is 1.62. The minimum absolute atomic E-state index is 0.0143. The molecular formula is C28H36N6O2. The lowest BCUT2D eigenvalue weighted by Crippen LogP contribution is -2.45. The first-order chi connectivity index (χ1) is 17.5. The molecule has 36 heavy (non-hydrogen) atoms. The van der Waals surface area contributed by atoms with Crippen LogP contribution in [0.3, 0.4) is 0 Å². The molecule has 2 aromatic heterocycles. The molecule has 2 amide bonds. The lowest BCUT2D eigenvalue weighted by Gasteiger charge is -2.32. The van der Waals surface area contributed by atoms with Crippen molar-refractivity contribution in [1.29, 1.82) is 0 Å². The van der Waals surface area contributed by atoms with E-state index in [-0.39, 0.29) is 18.4 Å². The van der Waals surface area contributed by atoms with Crippen LogP contribution >= 0.6 is 0 Å². The van der Waals surface area contributed by atoms with Gasteiger partial charge in [-0.1, -0.05) is 42.8 Å². The average molecular weight is 489 g/mol. The van der Waals surface area contributed by atoms with Gasteiger partial charge in [0.25, 0.3) is 0 Å². The van der Waals surface area contributed by atoms with E-state index >= 15 is 0 Å². The fourth-order valence-electron chi connectivity index (χ4n) is 4.65. The molecule has 1 unspecified atom stereocenters. The zero-order valence-corrected chi connectivity index (χ0v) is 21.3. The van der Waals surface area contributed by atoms with Gasteiger partial charge in [-0.05, 0) is 74.3 Å². The summed E-state index contributed by atoms with van der Waals surface area (Å²) in [5, 5.41) is 11.5. The van der Waals surface area contributed by atoms with Gasteiger partial charge in [0.15, 0.2) is 0 Å². The molecule has 0 saturated carbocycles. The summed E-state index contributed by atoms with van der Waals surface area (Å²) in [4.78, 5) is 33.3. The maximum atomic E-state index is 13.9. The Bertz CT molecular complexity index is 1190. The Labute approximate surface area is 212 Å². The van der Waals surface area contributed by atoms with Crippen LogP contribution in [0.15, 0.2) is 60.4 Å². The van der Waals surface area contributed by atoms with Crippen molar-refractivity contribution in [1.82, 2.24) is 30.2 Å². The highest BCUT2D eigenvalue weighted by molar-refractivity contribution is 5.89. The highest BCUT2D eigenvalue weighted by Crippen LogP contribution is 2.26. The fraction of sp³-hybridized carbons (Fsp3) is 0.464. The molecule has 1 N–H and O–H groups in total. The van der Waals surface area contributed by atoms with E-state index in [1.807, 2.05) is 36.4 Å². The number of hydrogen-bond donors (Lipinski definition) is 1. The summed E-state index contributed by atoms with van der Waals surface area (Å²) in [5.41, 5.74) is 3.64. The van der Waals surface area contributed by atoms with Gasteiger partial charge in [-0.3, -0.25) is 14.6 Å². The zero-order valence-electron chi connectivity index (χ0n) is 21.3. The van der Waals surface area contributed by atoms with Gasteiger partial charge in [0.05, 0.1) is 5.52 Å². The second kappa shape index (κ2) is 12.4. The second-order valence-corrected chi connectivity index (χ2v) is 9.84. The van der Waals surface area contributed by atoms with E-state index in [1.165, 1.54) is 18.4 Å². The number of fused-ring (bicyclic) bond motifs is 1. The van der Waals surface area contributed by atoms with Crippen LogP contribution in [0.4, 0.5) is 0 Å². The highest BCUT2D eigenvalue weighted by atomic mass is 16.2. The van der Waals surface area contributed by atoms with Crippen molar-refractivity contribution in [2.75, 3.05) is 13.1 Å². The maximum Gasteiger partial charge on any atom is 0.247 e. The highest BCUT2D eigenvalue weighted by Gasteiger charge is 2.32. The molecule has 0 spiro atoms. The largest absolute Gasteiger partial charge is 0.354 e. The third kappa shape index (κ3) is 6.56. The van der Waals surface area contributed by atoms with E-state index in [4.69, 9.17) is 0 Å². The van der Waals surface area contributed by atoms with Crippen molar-refractivity contribution in [2.24, 2.45) is 5.92 Å². The van der Waals surface area contributed by atoms with E-state index in [1.54, 1.807) is 22.0 Å². The molecule has 4 rings (SSSR count). The van der Waals surface area contributed by atoms with Crippen LogP contribution in [0.1, 0.15) is 64.0 Å². The van der Waals surface area contributed by atoms with Crippen LogP contribution < -0.4 is 5.32 Å². The molecule has 1 aliphatic carbocycles. The number of benzene rings is 1. The first-order valence-electron chi connectivity index (χ1n) is 13.0. The first kappa shape index (κ1) is 25.5. The van der Waals surface area contributed by atoms with Gasteiger partial charge in [-0.15, -0.1) is 5.10 Å². The quantitative estimate of drug-likeness (QED) is 0.403. The molecule has 0 fully saturated rings. The molecule has 1 aromatic carbocycles. The zero-order chi connectivity index (χ0) is 25.3. The summed E-state index contributed by atoms with van der Waals surface area (Å²) in [6, 6.07) is 10.5. The van der Waals surface area contributed by atoms with Crippen LogP contribution in [-0.4, -0.2) is 49.8 Å². The van der Waals surface area contributed by atoms with Crippen LogP contribution in [0.2, 0.25) is 0 Å². The number of aromatic nitrogens is 4. The van der Waals surface area contributed by atoms with Crippen LogP contribution in [-0.2, 0) is 16.1 Å². The number of carbonyl (C=O) groups excluding carboxylic acids is 2. The monoisotopic (exact) mass is 488 g/mol. The fourth-order valence-corrected chi connectivity index (χ4v) is 4.65. The van der Waals surface area contributed by atoms with Gasteiger partial charge in [0.2, 0.25) is 11.8 Å². The van der Waals surface area contributed by atoms with Gasteiger partial charge in [-0.2, -0.15) is 0 Å². The number of para-hydroxylation sites is 1. The standard InChI is InChI=1S/C28H36N6O2/c1-21(2)12-18-30-28(36)27(23-13-16-29-17-14-23)33(19-15-22-8-4-3-5-9-22)26(35)20-34-25-11-7-6-10-24(25)31-32-34/h6-8,10-11,13-14,16-17,21,27H,3-5,9,12,15,18-20H2,1-2H3,(H,30,36). The summed E-state index contributed by atoms with van der Waals surface area (Å²) >= 11 is 0. The molecule has 0 aliphatic heterocycles. The molecule has 8 heteroatoms. The average Bonchev–Trinajstić information content (AvgIpc) is 3.30. The molecule has 190 valence electrons. The van der Waals surface area contributed by atoms with Crippen molar-refractivity contribution in [3.63, 3.8) is 0 Å². The van der Waals surface area contributed by atoms with Gasteiger partial charge in [-0.25, -0.2) is 4.68 Å². The van der Waals surface area contributed by atoms with Crippen molar-refractivity contribution in [3.05, 3.63) is 66.0 Å². The molecule has 0 radical (unpaired) electrons. The molecule has 1 atom stereocenters. The number of rotatable bonds is 11. The summed E-state index contributed by atoms with van der Waals surface area (Å²) in [7, 11) is 0. The van der Waals surface area contributed by atoms with E-state index in [0.717, 1.165) is 42.3 Å². The minimum atomic E-state index is -0.744. The lowest BCUT2D eigenvalue weighted by molar-refractivity contribution is -0.141. The van der Waals surface area contributed by atoms with Gasteiger partial charge >= 0.3 is 0 Å². The second-order valence-electron chi connectivity index (χ2n) is 9.84. The Morgan fingerprint density at radius 3 is 2.67 bits per heavy atom. The summed E-state index contributed by atoms with van der Waals surface area (Å²) in [6.07, 6.45) is 11.8. The molecule has 0 saturated heterocycles. The van der Waals surface area contributed by atoms with Crippen molar-refractivity contribution < 1.29 is 9.59 Å². The summed E-state index contributed by atoms with van der Waals surface area (Å²) in [6.45, 7) is 5.30. The predicted molar refractivity (Wildman–Crippen MR) is 140 cm³/mol. The molecule has 2 heterocycles. The van der Waals surface area contributed by atoms with Crippen molar-refractivity contribution >= 4 is 22.8 Å². The Hall–Kier alpha value is -3.55. The van der Waals surface area contributed by atoms with Crippen LogP contribution in [0.5, 0.6) is 0 Å². The molecule has 3 aromatic rings. The van der Waals surface area contributed by atoms with Crippen molar-refractivity contribution in [2.45, 2.75) is 65.0 Å². The lowest BCUT2D eigenvalue weighted by atomic mass is 9.96. The predicted octanol–water partition coefficient (Wildman–Crippen LogP) is 4.45. The SMILES string of the molecule is CC(C)CCNC(=O)C(c1ccncc1)N(CCC1=CCCCC1)C(=O)Cn1nnc2ccccc21. The van der Waals surface area contributed by atoms with Gasteiger partial charge in [0, 0.05) is 25.5 Å². The normalized spacial score (nSPS) is 14.5. The molecule has 0 bridgehead atoms. The van der Waals surface area contributed by atoms with Gasteiger partial charge < -0.3 is 10.2 Å². The van der Waals surface area contributed by atoms with Crippen LogP contribution in [0, 0.1) is 5.92 Å². The Balaban J connectivity index is 1.62. The van der Waals surface area contributed by atoms with Gasteiger partial charge in [0.1, 0.15) is 18.1 Å². The summed E-state index contributed by atoms with van der Waals surface area (Å²) in [5.74, 6) is 0.139. The molecular weight excluding hydrogens is 452 g/mol. The number of nitrogens with zero attached hydrogens (tertiary/aromatic N) is 5. The Kier molecular flexibility index (Phi) is 8.81. The van der Waals surface area contributed by atoms with Crippen LogP contribution in [0.25, 0.3) is 11.0 Å². The number of hydrogen-bond acceptors (Lipinski definition) is 5. The Morgan fingerprint density at radius 1 is 1.11 bits per heavy atom. The number of nitrogens with one attached hydrogen (secondary N) is 1. The third-order valence-electron chi connectivity index (χ3n) is 6.69. The number of allylic oxidation sites excluding steroid dienone is 1. The molecule has 8 nitrogen and oxygen atoms in total. The van der Waals surface area contributed by atoms with E-state index in [0.29, 0.717) is 19.0 Å². The number of carbonyl (C=O) groups is 2. The minimum Gasteiger partial charge on any atom is -0.354 e. The maximum absolute atomic E-state index is 13.9. The number of amides is 2. The third-order valence-corrected chi connectivity index (χ3v) is 6.69. The smallest absolute Gasteiger partial charge is 0.247 e. The topological polar surface area (TPSA) is 93.0 Å². The number of pyridine rings is 1. The Morgan fingerprint density at radius 2 is 1.92 bits per heavy atom. The van der Waals surface area contributed by atoms with Crippen molar-refractivity contribution in [3.8, 4) is 0 Å². The van der Waals surface area contributed by atoms with E-state index in [9.17, 15) is 9.59 Å². The van der Waals surface area contributed by atoms with E-state index in [2.05, 4.69) is 40.5 Å². The van der Waals surface area contributed by atoms with E-state index < -0.39 is 6.04 Å².